The number of oxazole rings is 1. The SMILES string of the molecule is CC(C)(C)N(Cc1ccccc1)C(=O)CN1CCC[C@H](c2nc3ccccc3o2)C1. The monoisotopic (exact) mass is 405 g/mol. The van der Waals surface area contributed by atoms with E-state index in [1.807, 2.05) is 47.4 Å². The first kappa shape index (κ1) is 20.6. The van der Waals surface area contributed by atoms with Crippen LogP contribution in [-0.2, 0) is 11.3 Å². The number of piperidine rings is 1. The molecule has 1 amide bonds. The summed E-state index contributed by atoms with van der Waals surface area (Å²) in [6, 6.07) is 18.1. The minimum Gasteiger partial charge on any atom is -0.440 e. The maximum Gasteiger partial charge on any atom is 0.237 e. The Hall–Kier alpha value is -2.66. The van der Waals surface area contributed by atoms with Crippen molar-refractivity contribution in [1.82, 2.24) is 14.8 Å². The van der Waals surface area contributed by atoms with E-state index in [1.54, 1.807) is 0 Å². The molecule has 1 aromatic heterocycles. The van der Waals surface area contributed by atoms with Gasteiger partial charge in [0.25, 0.3) is 0 Å². The van der Waals surface area contributed by atoms with Crippen molar-refractivity contribution < 1.29 is 9.21 Å². The second-order valence-corrected chi connectivity index (χ2v) is 9.23. The van der Waals surface area contributed by atoms with Crippen molar-refractivity contribution >= 4 is 17.0 Å². The molecule has 0 unspecified atom stereocenters. The molecule has 0 aliphatic carbocycles. The number of amides is 1. The highest BCUT2D eigenvalue weighted by molar-refractivity contribution is 5.79. The van der Waals surface area contributed by atoms with E-state index in [4.69, 9.17) is 9.40 Å². The minimum absolute atomic E-state index is 0.171. The fourth-order valence-electron chi connectivity index (χ4n) is 4.21. The number of fused-ring (bicyclic) bond motifs is 1. The Balaban J connectivity index is 1.44. The zero-order chi connectivity index (χ0) is 21.1. The molecule has 158 valence electrons. The molecular formula is C25H31N3O2. The largest absolute Gasteiger partial charge is 0.440 e. The molecule has 2 aromatic carbocycles. The number of carbonyl (C=O) groups excluding carboxylic acids is 1. The number of aromatic nitrogens is 1. The Labute approximate surface area is 178 Å². The van der Waals surface area contributed by atoms with E-state index in [1.165, 1.54) is 0 Å². The van der Waals surface area contributed by atoms with Crippen molar-refractivity contribution in [1.29, 1.82) is 0 Å². The second kappa shape index (κ2) is 8.60. The summed E-state index contributed by atoms with van der Waals surface area (Å²) in [5.41, 5.74) is 2.66. The van der Waals surface area contributed by atoms with E-state index < -0.39 is 0 Å². The van der Waals surface area contributed by atoms with Crippen LogP contribution in [0, 0.1) is 0 Å². The Bertz CT molecular complexity index is 957. The fourth-order valence-corrected chi connectivity index (χ4v) is 4.21. The Morgan fingerprint density at radius 2 is 1.87 bits per heavy atom. The van der Waals surface area contributed by atoms with Crippen molar-refractivity contribution in [2.24, 2.45) is 0 Å². The van der Waals surface area contributed by atoms with Crippen molar-refractivity contribution in [2.75, 3.05) is 19.6 Å². The van der Waals surface area contributed by atoms with E-state index in [9.17, 15) is 4.79 Å². The topological polar surface area (TPSA) is 49.6 Å². The molecule has 0 spiro atoms. The lowest BCUT2D eigenvalue weighted by Gasteiger charge is -2.38. The van der Waals surface area contributed by atoms with Gasteiger partial charge in [0.1, 0.15) is 5.52 Å². The highest BCUT2D eigenvalue weighted by Crippen LogP contribution is 2.29. The molecule has 30 heavy (non-hydrogen) atoms. The molecule has 0 bridgehead atoms. The van der Waals surface area contributed by atoms with Crippen LogP contribution >= 0.6 is 0 Å². The number of nitrogens with zero attached hydrogens (tertiary/aromatic N) is 3. The summed E-state index contributed by atoms with van der Waals surface area (Å²) in [6.45, 7) is 9.11. The maximum atomic E-state index is 13.3. The zero-order valence-corrected chi connectivity index (χ0v) is 18.2. The van der Waals surface area contributed by atoms with Crippen LogP contribution in [0.4, 0.5) is 0 Å². The molecule has 5 heteroatoms. The van der Waals surface area contributed by atoms with Crippen LogP contribution in [0.25, 0.3) is 11.1 Å². The van der Waals surface area contributed by atoms with Gasteiger partial charge in [-0.15, -0.1) is 0 Å². The molecular weight excluding hydrogens is 374 g/mol. The van der Waals surface area contributed by atoms with Gasteiger partial charge in [-0.05, 0) is 57.9 Å². The van der Waals surface area contributed by atoms with E-state index in [-0.39, 0.29) is 17.4 Å². The average Bonchev–Trinajstić information content (AvgIpc) is 3.16. The molecule has 4 rings (SSSR count). The standard InChI is InChI=1S/C25H31N3O2/c1-25(2,3)28(16-19-10-5-4-6-11-19)23(29)18-27-15-9-12-20(17-27)24-26-21-13-7-8-14-22(21)30-24/h4-8,10-11,13-14,20H,9,12,15-18H2,1-3H3/t20-/m0/s1. The number of benzene rings is 2. The Morgan fingerprint density at radius 1 is 1.13 bits per heavy atom. The molecule has 0 radical (unpaired) electrons. The zero-order valence-electron chi connectivity index (χ0n) is 18.2. The van der Waals surface area contributed by atoms with Gasteiger partial charge >= 0.3 is 0 Å². The first-order valence-corrected chi connectivity index (χ1v) is 10.8. The van der Waals surface area contributed by atoms with Crippen molar-refractivity contribution in [3.63, 3.8) is 0 Å². The van der Waals surface area contributed by atoms with Gasteiger partial charge in [-0.3, -0.25) is 9.69 Å². The van der Waals surface area contributed by atoms with E-state index in [2.05, 4.69) is 37.8 Å². The van der Waals surface area contributed by atoms with Crippen LogP contribution in [0.1, 0.15) is 51.0 Å². The van der Waals surface area contributed by atoms with Gasteiger partial charge in [0.2, 0.25) is 5.91 Å². The predicted octanol–water partition coefficient (Wildman–Crippen LogP) is 4.83. The Kier molecular flexibility index (Phi) is 5.91. The molecule has 1 saturated heterocycles. The van der Waals surface area contributed by atoms with Crippen LogP contribution in [-0.4, -0.2) is 45.9 Å². The summed E-state index contributed by atoms with van der Waals surface area (Å²) in [7, 11) is 0. The van der Waals surface area contributed by atoms with Crippen molar-refractivity contribution in [3.8, 4) is 0 Å². The number of carbonyl (C=O) groups is 1. The first-order chi connectivity index (χ1) is 14.4. The average molecular weight is 406 g/mol. The highest BCUT2D eigenvalue weighted by Gasteiger charge is 2.31. The van der Waals surface area contributed by atoms with Gasteiger partial charge < -0.3 is 9.32 Å². The van der Waals surface area contributed by atoms with E-state index in [0.29, 0.717) is 13.1 Å². The predicted molar refractivity (Wildman–Crippen MR) is 119 cm³/mol. The van der Waals surface area contributed by atoms with Crippen LogP contribution < -0.4 is 0 Å². The lowest BCUT2D eigenvalue weighted by molar-refractivity contribution is -0.138. The molecule has 3 aromatic rings. The van der Waals surface area contributed by atoms with Gasteiger partial charge in [0.05, 0.1) is 6.54 Å². The van der Waals surface area contributed by atoms with E-state index in [0.717, 1.165) is 48.5 Å². The number of likely N-dealkylation sites (tertiary alicyclic amines) is 1. The lowest BCUT2D eigenvalue weighted by atomic mass is 9.97. The molecule has 0 N–H and O–H groups in total. The van der Waals surface area contributed by atoms with Crippen LogP contribution in [0.3, 0.4) is 0 Å². The van der Waals surface area contributed by atoms with Crippen molar-refractivity contribution in [3.05, 3.63) is 66.1 Å². The number of para-hydroxylation sites is 2. The molecule has 2 heterocycles. The third-order valence-electron chi connectivity index (χ3n) is 5.82. The number of hydrogen-bond donors (Lipinski definition) is 0. The summed E-state index contributed by atoms with van der Waals surface area (Å²) in [5.74, 6) is 1.20. The van der Waals surface area contributed by atoms with Gasteiger partial charge in [-0.2, -0.15) is 0 Å². The summed E-state index contributed by atoms with van der Waals surface area (Å²) >= 11 is 0. The molecule has 1 aliphatic heterocycles. The van der Waals surface area contributed by atoms with Crippen molar-refractivity contribution in [2.45, 2.75) is 51.6 Å². The Morgan fingerprint density at radius 3 is 2.60 bits per heavy atom. The van der Waals surface area contributed by atoms with E-state index >= 15 is 0 Å². The summed E-state index contributed by atoms with van der Waals surface area (Å²) in [5, 5.41) is 0. The molecule has 5 nitrogen and oxygen atoms in total. The van der Waals surface area contributed by atoms with Gasteiger partial charge in [-0.25, -0.2) is 4.98 Å². The molecule has 1 atom stereocenters. The van der Waals surface area contributed by atoms with Gasteiger partial charge in [0.15, 0.2) is 11.5 Å². The van der Waals surface area contributed by atoms with Gasteiger partial charge in [0, 0.05) is 24.5 Å². The minimum atomic E-state index is -0.234. The third-order valence-corrected chi connectivity index (χ3v) is 5.82. The summed E-state index contributed by atoms with van der Waals surface area (Å²) < 4.78 is 6.01. The number of rotatable bonds is 5. The summed E-state index contributed by atoms with van der Waals surface area (Å²) in [4.78, 5) is 22.2. The van der Waals surface area contributed by atoms with Gasteiger partial charge in [-0.1, -0.05) is 42.5 Å². The first-order valence-electron chi connectivity index (χ1n) is 10.8. The van der Waals surface area contributed by atoms with Crippen LogP contribution in [0.15, 0.2) is 59.0 Å². The highest BCUT2D eigenvalue weighted by atomic mass is 16.3. The molecule has 0 saturated carbocycles. The smallest absolute Gasteiger partial charge is 0.237 e. The van der Waals surface area contributed by atoms with Crippen LogP contribution in [0.2, 0.25) is 0 Å². The maximum absolute atomic E-state index is 13.3. The molecule has 1 aliphatic rings. The quantitative estimate of drug-likeness (QED) is 0.610. The molecule has 1 fully saturated rings. The third kappa shape index (κ3) is 4.73. The summed E-state index contributed by atoms with van der Waals surface area (Å²) in [6.07, 6.45) is 2.09. The fraction of sp³-hybridized carbons (Fsp3) is 0.440. The second-order valence-electron chi connectivity index (χ2n) is 9.23. The normalized spacial score (nSPS) is 17.9. The van der Waals surface area contributed by atoms with Crippen LogP contribution in [0.5, 0.6) is 0 Å². The number of hydrogen-bond acceptors (Lipinski definition) is 4. The lowest BCUT2D eigenvalue weighted by Crippen LogP contribution is -2.50.